The summed E-state index contributed by atoms with van der Waals surface area (Å²) in [5.41, 5.74) is 0.185. The third-order valence-electron chi connectivity index (χ3n) is 6.75. The number of aromatic hydroxyl groups is 1. The van der Waals surface area contributed by atoms with Crippen molar-refractivity contribution >= 4 is 27.5 Å². The fourth-order valence-corrected chi connectivity index (χ4v) is 5.76. The number of hydrogen-bond acceptors (Lipinski definition) is 3. The number of aliphatic hydroxyl groups excluding tert-OH is 1. The van der Waals surface area contributed by atoms with Crippen LogP contribution in [0.5, 0.6) is 5.75 Å². The summed E-state index contributed by atoms with van der Waals surface area (Å²) in [6.07, 6.45) is 0.310. The largest absolute Gasteiger partial charge is 0.508 e. The predicted molar refractivity (Wildman–Crippen MR) is 123 cm³/mol. The molecule has 1 aliphatic carbocycles. The lowest BCUT2D eigenvalue weighted by molar-refractivity contribution is -0.0243. The molecule has 30 heavy (non-hydrogen) atoms. The van der Waals surface area contributed by atoms with Crippen molar-refractivity contribution in [2.75, 3.05) is 6.61 Å². The first kappa shape index (κ1) is 21.4. The molecule has 4 rings (SSSR count). The number of phenolic OH excluding ortho intramolecular Hbond substituents is 1. The third kappa shape index (κ3) is 3.27. The molecule has 1 unspecified atom stereocenters. The highest BCUT2D eigenvalue weighted by atomic mass is 79.9. The van der Waals surface area contributed by atoms with Gasteiger partial charge in [0.05, 0.1) is 0 Å². The molecule has 5 heteroatoms. The maximum Gasteiger partial charge on any atom is 0.123 e. The lowest BCUT2D eigenvalue weighted by atomic mass is 9.61. The van der Waals surface area contributed by atoms with Crippen LogP contribution < -0.4 is 0 Å². The van der Waals surface area contributed by atoms with Gasteiger partial charge in [-0.2, -0.15) is 0 Å². The number of benzene rings is 3. The molecule has 0 spiro atoms. The van der Waals surface area contributed by atoms with Gasteiger partial charge >= 0.3 is 0 Å². The van der Waals surface area contributed by atoms with Crippen LogP contribution in [-0.4, -0.2) is 21.9 Å². The van der Waals surface area contributed by atoms with E-state index in [-0.39, 0.29) is 24.2 Å². The van der Waals surface area contributed by atoms with Crippen LogP contribution in [0.25, 0.3) is 0 Å². The second-order valence-electron chi connectivity index (χ2n) is 8.27. The molecule has 0 amide bonds. The second-order valence-corrected chi connectivity index (χ2v) is 9.62. The van der Waals surface area contributed by atoms with Crippen molar-refractivity contribution in [3.05, 3.63) is 99.0 Å². The van der Waals surface area contributed by atoms with Gasteiger partial charge in [-0.3, -0.25) is 0 Å². The van der Waals surface area contributed by atoms with Gasteiger partial charge < -0.3 is 15.3 Å². The average molecular weight is 488 g/mol. The Morgan fingerprint density at radius 3 is 2.30 bits per heavy atom. The van der Waals surface area contributed by atoms with Gasteiger partial charge in [0.15, 0.2) is 0 Å². The second kappa shape index (κ2) is 8.01. The highest BCUT2D eigenvalue weighted by Crippen LogP contribution is 2.64. The van der Waals surface area contributed by atoms with Gasteiger partial charge in [-0.25, -0.2) is 0 Å². The van der Waals surface area contributed by atoms with E-state index in [1.807, 2.05) is 61.5 Å². The summed E-state index contributed by atoms with van der Waals surface area (Å²) in [6.45, 7) is 1.96. The van der Waals surface area contributed by atoms with Crippen LogP contribution in [-0.2, 0) is 11.0 Å². The van der Waals surface area contributed by atoms with Crippen LogP contribution >= 0.6 is 27.5 Å². The first-order valence-electron chi connectivity index (χ1n) is 9.94. The zero-order valence-electron chi connectivity index (χ0n) is 16.6. The predicted octanol–water partition coefficient (Wildman–Crippen LogP) is 5.75. The van der Waals surface area contributed by atoms with Gasteiger partial charge in [0, 0.05) is 33.0 Å². The fourth-order valence-electron chi connectivity index (χ4n) is 5.33. The molecule has 0 bridgehead atoms. The van der Waals surface area contributed by atoms with Crippen molar-refractivity contribution in [1.29, 1.82) is 0 Å². The molecule has 4 atom stereocenters. The van der Waals surface area contributed by atoms with Crippen molar-refractivity contribution in [2.45, 2.75) is 30.3 Å². The normalized spacial score (nSPS) is 28.6. The number of phenols is 1. The minimum absolute atomic E-state index is 0.0428. The van der Waals surface area contributed by atoms with E-state index < -0.39 is 11.0 Å². The molecule has 156 valence electrons. The Kier molecular flexibility index (Phi) is 5.71. The molecule has 0 radical (unpaired) electrons. The number of aliphatic hydroxyl groups is 2. The summed E-state index contributed by atoms with van der Waals surface area (Å²) in [6, 6.07) is 22.7. The Labute approximate surface area is 190 Å². The van der Waals surface area contributed by atoms with E-state index in [4.69, 9.17) is 11.6 Å². The molecule has 1 aliphatic rings. The molecule has 1 fully saturated rings. The highest BCUT2D eigenvalue weighted by molar-refractivity contribution is 9.10. The van der Waals surface area contributed by atoms with E-state index in [2.05, 4.69) is 15.9 Å². The standard InChI is InChI=1S/C25H24BrClO3/c1-24(18-7-9-19(26)10-8-18)23(16-5-3-2-4-6-16)17(15-28)14-25(24,30)21-12-11-20(27)13-22(21)29/h2-13,17,23,28-30H,14-15H2,1H3/t17-,23-,24?,25-/m1/s1. The van der Waals surface area contributed by atoms with Gasteiger partial charge in [0.25, 0.3) is 0 Å². The molecule has 0 aromatic heterocycles. The first-order valence-corrected chi connectivity index (χ1v) is 11.1. The highest BCUT2D eigenvalue weighted by Gasteiger charge is 2.63. The van der Waals surface area contributed by atoms with Crippen molar-refractivity contribution < 1.29 is 15.3 Å². The molecule has 1 saturated carbocycles. The van der Waals surface area contributed by atoms with Crippen molar-refractivity contribution in [2.24, 2.45) is 5.92 Å². The lowest BCUT2D eigenvalue weighted by Gasteiger charge is -2.44. The number of hydrogen-bond donors (Lipinski definition) is 3. The van der Waals surface area contributed by atoms with Gasteiger partial charge in [-0.05, 0) is 47.7 Å². The zero-order chi connectivity index (χ0) is 21.5. The summed E-state index contributed by atoms with van der Waals surface area (Å²) in [4.78, 5) is 0. The summed E-state index contributed by atoms with van der Waals surface area (Å²) in [7, 11) is 0. The summed E-state index contributed by atoms with van der Waals surface area (Å²) in [5, 5.41) is 33.7. The van der Waals surface area contributed by atoms with E-state index >= 15 is 0 Å². The molecular formula is C25H24BrClO3. The Morgan fingerprint density at radius 2 is 1.70 bits per heavy atom. The first-order chi connectivity index (χ1) is 14.3. The Morgan fingerprint density at radius 1 is 1.03 bits per heavy atom. The van der Waals surface area contributed by atoms with Crippen LogP contribution in [0.3, 0.4) is 0 Å². The van der Waals surface area contributed by atoms with Gasteiger partial charge in [-0.15, -0.1) is 0 Å². The zero-order valence-corrected chi connectivity index (χ0v) is 18.9. The summed E-state index contributed by atoms with van der Waals surface area (Å²) in [5.74, 6) is -0.398. The van der Waals surface area contributed by atoms with Crippen LogP contribution in [0.2, 0.25) is 5.02 Å². The summed E-state index contributed by atoms with van der Waals surface area (Å²) < 4.78 is 0.945. The lowest BCUT2D eigenvalue weighted by Crippen LogP contribution is -2.46. The monoisotopic (exact) mass is 486 g/mol. The van der Waals surface area contributed by atoms with Crippen molar-refractivity contribution in [1.82, 2.24) is 0 Å². The van der Waals surface area contributed by atoms with E-state index in [1.165, 1.54) is 6.07 Å². The molecule has 3 N–H and O–H groups in total. The fraction of sp³-hybridized carbons (Fsp3) is 0.280. The van der Waals surface area contributed by atoms with Crippen LogP contribution in [0.4, 0.5) is 0 Å². The third-order valence-corrected chi connectivity index (χ3v) is 7.52. The summed E-state index contributed by atoms with van der Waals surface area (Å²) >= 11 is 9.56. The topological polar surface area (TPSA) is 60.7 Å². The van der Waals surface area contributed by atoms with E-state index in [9.17, 15) is 15.3 Å². The van der Waals surface area contributed by atoms with E-state index in [0.717, 1.165) is 15.6 Å². The number of rotatable bonds is 4. The van der Waals surface area contributed by atoms with Crippen LogP contribution in [0.15, 0.2) is 77.3 Å². The molecule has 3 nitrogen and oxygen atoms in total. The Hall–Kier alpha value is -1.85. The minimum atomic E-state index is -1.41. The molecule has 3 aromatic carbocycles. The molecule has 3 aromatic rings. The van der Waals surface area contributed by atoms with Crippen molar-refractivity contribution in [3.8, 4) is 5.75 Å². The maximum absolute atomic E-state index is 12.3. The van der Waals surface area contributed by atoms with E-state index in [1.54, 1.807) is 12.1 Å². The van der Waals surface area contributed by atoms with Gasteiger partial charge in [-0.1, -0.05) is 83.0 Å². The number of halogens is 2. The molecule has 0 aliphatic heterocycles. The molecule has 0 heterocycles. The SMILES string of the molecule is CC1(c2ccc(Br)cc2)[C@H](c2ccccc2)[C@@H](CO)C[C@@]1(O)c1ccc(Cl)cc1O. The Bertz CT molecular complexity index is 1040. The maximum atomic E-state index is 12.3. The minimum Gasteiger partial charge on any atom is -0.508 e. The van der Waals surface area contributed by atoms with E-state index in [0.29, 0.717) is 17.0 Å². The molecular weight excluding hydrogens is 464 g/mol. The Balaban J connectivity index is 2.00. The van der Waals surface area contributed by atoms with Crippen molar-refractivity contribution in [3.63, 3.8) is 0 Å². The molecule has 0 saturated heterocycles. The van der Waals surface area contributed by atoms with Gasteiger partial charge in [0.2, 0.25) is 0 Å². The van der Waals surface area contributed by atoms with Gasteiger partial charge in [0.1, 0.15) is 11.4 Å². The smallest absolute Gasteiger partial charge is 0.123 e. The average Bonchev–Trinajstić information content (AvgIpc) is 2.97. The van der Waals surface area contributed by atoms with Crippen LogP contribution in [0.1, 0.15) is 36.0 Å². The van der Waals surface area contributed by atoms with Crippen LogP contribution in [0, 0.1) is 5.92 Å². The quantitative estimate of drug-likeness (QED) is 0.439.